The Labute approximate surface area is 73.2 Å². The van der Waals surface area contributed by atoms with E-state index >= 15 is 0 Å². The van der Waals surface area contributed by atoms with Crippen molar-refractivity contribution < 1.29 is 5.11 Å². The van der Waals surface area contributed by atoms with Crippen LogP contribution in [0.25, 0.3) is 0 Å². The lowest BCUT2D eigenvalue weighted by atomic mass is 10.1. The minimum absolute atomic E-state index is 0.200. The van der Waals surface area contributed by atoms with Crippen LogP contribution in [0.3, 0.4) is 0 Å². The van der Waals surface area contributed by atoms with Gasteiger partial charge in [0.15, 0.2) is 0 Å². The fourth-order valence-corrected chi connectivity index (χ4v) is 1.20. The summed E-state index contributed by atoms with van der Waals surface area (Å²) in [6, 6.07) is 10.3. The van der Waals surface area contributed by atoms with Crippen molar-refractivity contribution >= 4 is 0 Å². The van der Waals surface area contributed by atoms with E-state index in [0.717, 1.165) is 0 Å². The average Bonchev–Trinajstić information content (AvgIpc) is 2.05. The van der Waals surface area contributed by atoms with Gasteiger partial charge in [0.1, 0.15) is 6.23 Å². The van der Waals surface area contributed by atoms with Crippen LogP contribution < -0.4 is 5.32 Å². The van der Waals surface area contributed by atoms with Gasteiger partial charge in [-0.3, -0.25) is 5.32 Å². The van der Waals surface area contributed by atoms with Gasteiger partial charge in [-0.1, -0.05) is 30.3 Å². The molecule has 0 heterocycles. The molecule has 2 atom stereocenters. The third-order valence-electron chi connectivity index (χ3n) is 1.79. The Hall–Kier alpha value is -0.860. The molecule has 0 fully saturated rings. The maximum Gasteiger partial charge on any atom is 0.102 e. The van der Waals surface area contributed by atoms with Gasteiger partial charge in [0, 0.05) is 6.04 Å². The summed E-state index contributed by atoms with van der Waals surface area (Å²) in [6.07, 6.45) is -0.458. The van der Waals surface area contributed by atoms with E-state index in [-0.39, 0.29) is 6.04 Å². The molecule has 12 heavy (non-hydrogen) atoms. The van der Waals surface area contributed by atoms with E-state index in [4.69, 9.17) is 5.11 Å². The van der Waals surface area contributed by atoms with Crippen molar-refractivity contribution in [2.75, 3.05) is 0 Å². The molecule has 0 aliphatic rings. The highest BCUT2D eigenvalue weighted by Gasteiger charge is 2.05. The van der Waals surface area contributed by atoms with Crippen molar-refractivity contribution in [1.29, 1.82) is 0 Å². The Balaban J connectivity index is 2.59. The van der Waals surface area contributed by atoms with Crippen LogP contribution in [0.1, 0.15) is 25.5 Å². The lowest BCUT2D eigenvalue weighted by Crippen LogP contribution is -2.28. The molecule has 2 heteroatoms. The fraction of sp³-hybridized carbons (Fsp3) is 0.400. The summed E-state index contributed by atoms with van der Waals surface area (Å²) in [4.78, 5) is 0. The van der Waals surface area contributed by atoms with Gasteiger partial charge in [-0.05, 0) is 19.4 Å². The zero-order valence-electron chi connectivity index (χ0n) is 7.49. The molecule has 0 aliphatic carbocycles. The first-order chi connectivity index (χ1) is 5.70. The first-order valence-electron chi connectivity index (χ1n) is 4.19. The van der Waals surface area contributed by atoms with E-state index in [2.05, 4.69) is 5.32 Å². The van der Waals surface area contributed by atoms with Crippen molar-refractivity contribution in [1.82, 2.24) is 5.32 Å². The number of aliphatic hydroxyl groups is 1. The topological polar surface area (TPSA) is 32.3 Å². The van der Waals surface area contributed by atoms with Crippen LogP contribution in [0.4, 0.5) is 0 Å². The maximum absolute atomic E-state index is 9.07. The standard InChI is InChI=1S/C10H15NO/c1-8(11-9(2)12)10-6-4-3-5-7-10/h3-9,11-12H,1-2H3/t8-,9?/m1/s1. The van der Waals surface area contributed by atoms with E-state index in [1.54, 1.807) is 6.92 Å². The second-order valence-electron chi connectivity index (χ2n) is 2.98. The van der Waals surface area contributed by atoms with Crippen LogP contribution in [0.15, 0.2) is 30.3 Å². The summed E-state index contributed by atoms with van der Waals surface area (Å²) >= 11 is 0. The average molecular weight is 165 g/mol. The Morgan fingerprint density at radius 3 is 2.25 bits per heavy atom. The van der Waals surface area contributed by atoms with Gasteiger partial charge in [-0.25, -0.2) is 0 Å². The Kier molecular flexibility index (Phi) is 3.26. The molecule has 1 aromatic rings. The SMILES string of the molecule is CC(O)N[C@H](C)c1ccccc1. The molecule has 2 N–H and O–H groups in total. The predicted molar refractivity (Wildman–Crippen MR) is 49.7 cm³/mol. The van der Waals surface area contributed by atoms with E-state index in [0.29, 0.717) is 0 Å². The van der Waals surface area contributed by atoms with Gasteiger partial charge in [-0.2, -0.15) is 0 Å². The minimum Gasteiger partial charge on any atom is -0.379 e. The van der Waals surface area contributed by atoms with Gasteiger partial charge >= 0.3 is 0 Å². The molecule has 1 aromatic carbocycles. The Bertz CT molecular complexity index is 221. The molecule has 66 valence electrons. The molecule has 2 nitrogen and oxygen atoms in total. The summed E-state index contributed by atoms with van der Waals surface area (Å²) < 4.78 is 0. The van der Waals surface area contributed by atoms with Crippen LogP contribution in [0.2, 0.25) is 0 Å². The normalized spacial score (nSPS) is 15.6. The molecule has 0 aliphatic heterocycles. The summed E-state index contributed by atoms with van der Waals surface area (Å²) in [5.74, 6) is 0. The minimum atomic E-state index is -0.458. The molecule has 0 spiro atoms. The first kappa shape index (κ1) is 9.23. The second-order valence-corrected chi connectivity index (χ2v) is 2.98. The maximum atomic E-state index is 9.07. The van der Waals surface area contributed by atoms with Crippen molar-refractivity contribution in [3.63, 3.8) is 0 Å². The second kappa shape index (κ2) is 4.24. The van der Waals surface area contributed by atoms with Crippen molar-refractivity contribution in [2.45, 2.75) is 26.1 Å². The fourth-order valence-electron chi connectivity index (χ4n) is 1.20. The van der Waals surface area contributed by atoms with Crippen molar-refractivity contribution in [3.05, 3.63) is 35.9 Å². The molecule has 1 rings (SSSR count). The summed E-state index contributed by atoms with van der Waals surface area (Å²) in [6.45, 7) is 3.75. The molecule has 0 aromatic heterocycles. The van der Waals surface area contributed by atoms with Gasteiger partial charge < -0.3 is 5.11 Å². The third kappa shape index (κ3) is 2.64. The molecule has 1 unspecified atom stereocenters. The lowest BCUT2D eigenvalue weighted by Gasteiger charge is -2.15. The quantitative estimate of drug-likeness (QED) is 0.668. The van der Waals surface area contributed by atoms with Crippen LogP contribution in [-0.2, 0) is 0 Å². The zero-order valence-corrected chi connectivity index (χ0v) is 7.49. The molecule has 0 amide bonds. The number of nitrogens with one attached hydrogen (secondary N) is 1. The number of hydrogen-bond acceptors (Lipinski definition) is 2. The van der Waals surface area contributed by atoms with Gasteiger partial charge in [0.25, 0.3) is 0 Å². The van der Waals surface area contributed by atoms with Gasteiger partial charge in [0.05, 0.1) is 0 Å². The molecule has 0 bridgehead atoms. The third-order valence-corrected chi connectivity index (χ3v) is 1.79. The molecule has 0 saturated heterocycles. The zero-order chi connectivity index (χ0) is 8.97. The molecular weight excluding hydrogens is 150 g/mol. The Morgan fingerprint density at radius 1 is 1.17 bits per heavy atom. The van der Waals surface area contributed by atoms with E-state index in [1.807, 2.05) is 37.3 Å². The number of rotatable bonds is 3. The smallest absolute Gasteiger partial charge is 0.102 e. The predicted octanol–water partition coefficient (Wildman–Crippen LogP) is 1.68. The van der Waals surface area contributed by atoms with E-state index < -0.39 is 6.23 Å². The summed E-state index contributed by atoms with van der Waals surface area (Å²) in [5.41, 5.74) is 1.19. The number of benzene rings is 1. The summed E-state index contributed by atoms with van der Waals surface area (Å²) in [5, 5.41) is 12.1. The Morgan fingerprint density at radius 2 is 1.75 bits per heavy atom. The van der Waals surface area contributed by atoms with Crippen molar-refractivity contribution in [2.24, 2.45) is 0 Å². The number of hydrogen-bond donors (Lipinski definition) is 2. The highest BCUT2D eigenvalue weighted by Crippen LogP contribution is 2.10. The van der Waals surface area contributed by atoms with Gasteiger partial charge in [0.2, 0.25) is 0 Å². The van der Waals surface area contributed by atoms with E-state index in [9.17, 15) is 0 Å². The van der Waals surface area contributed by atoms with Gasteiger partial charge in [-0.15, -0.1) is 0 Å². The molecule has 0 saturated carbocycles. The lowest BCUT2D eigenvalue weighted by molar-refractivity contribution is 0.143. The van der Waals surface area contributed by atoms with Crippen LogP contribution in [-0.4, -0.2) is 11.3 Å². The number of aliphatic hydroxyl groups excluding tert-OH is 1. The molecule has 0 radical (unpaired) electrons. The largest absolute Gasteiger partial charge is 0.379 e. The summed E-state index contributed by atoms with van der Waals surface area (Å²) in [7, 11) is 0. The molecular formula is C10H15NO. The highest BCUT2D eigenvalue weighted by atomic mass is 16.3. The highest BCUT2D eigenvalue weighted by molar-refractivity contribution is 5.17. The van der Waals surface area contributed by atoms with Crippen molar-refractivity contribution in [3.8, 4) is 0 Å². The monoisotopic (exact) mass is 165 g/mol. The van der Waals surface area contributed by atoms with E-state index in [1.165, 1.54) is 5.56 Å². The van der Waals surface area contributed by atoms with Crippen LogP contribution >= 0.6 is 0 Å². The van der Waals surface area contributed by atoms with Crippen LogP contribution in [0, 0.1) is 0 Å². The van der Waals surface area contributed by atoms with Crippen LogP contribution in [0.5, 0.6) is 0 Å². The first-order valence-corrected chi connectivity index (χ1v) is 4.19.